The molecule has 0 amide bonds. The van der Waals surface area contributed by atoms with Gasteiger partial charge in [0.05, 0.1) is 0 Å². The van der Waals surface area contributed by atoms with Gasteiger partial charge in [-0.05, 0) is 32.1 Å². The standard InChI is InChI=1S/C21H43P/c1-4-7-9-11-13-15-18-20(21(22)17-6-3)19-16-14-12-10-8-5-2/h4-19,22H2,1-3H3. The number of rotatable bonds is 16. The van der Waals surface area contributed by atoms with Gasteiger partial charge in [0.25, 0.3) is 0 Å². The third-order valence-electron chi connectivity index (χ3n) is 4.64. The molecule has 0 aromatic heterocycles. The van der Waals surface area contributed by atoms with E-state index in [4.69, 9.17) is 0 Å². The van der Waals surface area contributed by atoms with E-state index in [0.29, 0.717) is 0 Å². The lowest BCUT2D eigenvalue weighted by molar-refractivity contribution is 0.581. The first-order chi connectivity index (χ1) is 10.8. The van der Waals surface area contributed by atoms with Gasteiger partial charge in [-0.1, -0.05) is 102 Å². The van der Waals surface area contributed by atoms with Gasteiger partial charge in [0.15, 0.2) is 0 Å². The molecule has 0 spiro atoms. The zero-order valence-corrected chi connectivity index (χ0v) is 17.0. The highest BCUT2D eigenvalue weighted by Gasteiger charge is 2.04. The molecule has 1 unspecified atom stereocenters. The second-order valence-corrected chi connectivity index (χ2v) is 7.61. The van der Waals surface area contributed by atoms with E-state index in [0.717, 1.165) is 0 Å². The fraction of sp³-hybridized carbons (Fsp3) is 0.905. The van der Waals surface area contributed by atoms with Gasteiger partial charge in [-0.15, -0.1) is 9.24 Å². The number of allylic oxidation sites excluding steroid dienone is 2. The van der Waals surface area contributed by atoms with E-state index in [2.05, 4.69) is 30.0 Å². The summed E-state index contributed by atoms with van der Waals surface area (Å²) in [7, 11) is 3.05. The Balaban J connectivity index is 3.93. The van der Waals surface area contributed by atoms with Crippen LogP contribution in [0.1, 0.15) is 124 Å². The first-order valence-corrected chi connectivity index (χ1v) is 10.8. The molecule has 22 heavy (non-hydrogen) atoms. The molecule has 0 aliphatic rings. The van der Waals surface area contributed by atoms with Crippen LogP contribution in [0.2, 0.25) is 0 Å². The van der Waals surface area contributed by atoms with Crippen LogP contribution >= 0.6 is 9.24 Å². The van der Waals surface area contributed by atoms with Crippen LogP contribution < -0.4 is 0 Å². The van der Waals surface area contributed by atoms with Crippen molar-refractivity contribution in [1.29, 1.82) is 0 Å². The van der Waals surface area contributed by atoms with Crippen molar-refractivity contribution in [1.82, 2.24) is 0 Å². The largest absolute Gasteiger partial charge is 0.110 e. The molecular weight excluding hydrogens is 283 g/mol. The van der Waals surface area contributed by atoms with Gasteiger partial charge in [0, 0.05) is 0 Å². The highest BCUT2D eigenvalue weighted by molar-refractivity contribution is 7.22. The normalized spacial score (nSPS) is 10.9. The van der Waals surface area contributed by atoms with Crippen LogP contribution in [-0.4, -0.2) is 0 Å². The lowest BCUT2D eigenvalue weighted by Gasteiger charge is -2.12. The highest BCUT2D eigenvalue weighted by atomic mass is 31.0. The third kappa shape index (κ3) is 13.8. The average molecular weight is 327 g/mol. The van der Waals surface area contributed by atoms with Gasteiger partial charge < -0.3 is 0 Å². The van der Waals surface area contributed by atoms with Gasteiger partial charge in [-0.3, -0.25) is 0 Å². The van der Waals surface area contributed by atoms with E-state index < -0.39 is 0 Å². The van der Waals surface area contributed by atoms with E-state index in [1.165, 1.54) is 103 Å². The van der Waals surface area contributed by atoms with Gasteiger partial charge in [0.2, 0.25) is 0 Å². The Morgan fingerprint density at radius 1 is 0.500 bits per heavy atom. The molecule has 1 heteroatoms. The molecule has 0 aromatic carbocycles. The molecule has 0 aliphatic heterocycles. The maximum Gasteiger partial charge on any atom is -0.0283 e. The molecule has 0 rings (SSSR count). The van der Waals surface area contributed by atoms with E-state index in [1.54, 1.807) is 10.9 Å². The Labute approximate surface area is 144 Å². The van der Waals surface area contributed by atoms with E-state index in [-0.39, 0.29) is 0 Å². The van der Waals surface area contributed by atoms with Crippen LogP contribution in [0.5, 0.6) is 0 Å². The average Bonchev–Trinajstić information content (AvgIpc) is 2.52. The molecule has 0 fully saturated rings. The van der Waals surface area contributed by atoms with Gasteiger partial charge in [-0.25, -0.2) is 0 Å². The van der Waals surface area contributed by atoms with Crippen molar-refractivity contribution in [2.75, 3.05) is 0 Å². The number of unbranched alkanes of at least 4 members (excludes halogenated alkanes) is 10. The van der Waals surface area contributed by atoms with E-state index in [9.17, 15) is 0 Å². The minimum Gasteiger partial charge on any atom is -0.110 e. The lowest BCUT2D eigenvalue weighted by Crippen LogP contribution is -1.91. The molecule has 132 valence electrons. The molecule has 0 saturated heterocycles. The summed E-state index contributed by atoms with van der Waals surface area (Å²) in [6.45, 7) is 6.90. The minimum absolute atomic E-state index is 1.28. The Morgan fingerprint density at radius 2 is 0.909 bits per heavy atom. The van der Waals surface area contributed by atoms with Crippen molar-refractivity contribution < 1.29 is 0 Å². The van der Waals surface area contributed by atoms with Crippen LogP contribution in [-0.2, 0) is 0 Å². The van der Waals surface area contributed by atoms with Gasteiger partial charge in [-0.2, -0.15) is 0 Å². The molecule has 1 atom stereocenters. The number of hydrogen-bond acceptors (Lipinski definition) is 0. The predicted molar refractivity (Wildman–Crippen MR) is 108 cm³/mol. The predicted octanol–water partition coefficient (Wildman–Crippen LogP) is 8.42. The molecule has 0 aromatic rings. The maximum absolute atomic E-state index is 3.05. The summed E-state index contributed by atoms with van der Waals surface area (Å²) in [5, 5.41) is 1.63. The van der Waals surface area contributed by atoms with Gasteiger partial charge in [0.1, 0.15) is 0 Å². The molecule has 0 saturated carbocycles. The van der Waals surface area contributed by atoms with Crippen LogP contribution in [0, 0.1) is 0 Å². The second-order valence-electron chi connectivity index (χ2n) is 6.91. The minimum atomic E-state index is 1.28. The van der Waals surface area contributed by atoms with Crippen molar-refractivity contribution in [3.63, 3.8) is 0 Å². The summed E-state index contributed by atoms with van der Waals surface area (Å²) in [6.07, 6.45) is 22.3. The molecule has 0 N–H and O–H groups in total. The zero-order valence-electron chi connectivity index (χ0n) is 15.9. The smallest absolute Gasteiger partial charge is 0.0283 e. The highest BCUT2D eigenvalue weighted by Crippen LogP contribution is 2.27. The summed E-state index contributed by atoms with van der Waals surface area (Å²) in [6, 6.07) is 0. The topological polar surface area (TPSA) is 0 Å². The fourth-order valence-corrected chi connectivity index (χ4v) is 3.71. The monoisotopic (exact) mass is 326 g/mol. The van der Waals surface area contributed by atoms with Gasteiger partial charge >= 0.3 is 0 Å². The fourth-order valence-electron chi connectivity index (χ4n) is 3.13. The van der Waals surface area contributed by atoms with Crippen molar-refractivity contribution in [3.05, 3.63) is 10.9 Å². The van der Waals surface area contributed by atoms with Crippen molar-refractivity contribution in [2.45, 2.75) is 124 Å². The summed E-state index contributed by atoms with van der Waals surface area (Å²) < 4.78 is 0. The maximum atomic E-state index is 3.05. The lowest BCUT2D eigenvalue weighted by atomic mass is 9.98. The molecule has 0 radical (unpaired) electrons. The summed E-state index contributed by atoms with van der Waals surface area (Å²) in [5.41, 5.74) is 1.78. The van der Waals surface area contributed by atoms with Crippen LogP contribution in [0.15, 0.2) is 10.9 Å². The molecule has 0 bridgehead atoms. The Morgan fingerprint density at radius 3 is 1.32 bits per heavy atom. The number of hydrogen-bond donors (Lipinski definition) is 0. The molecule has 0 nitrogen and oxygen atoms in total. The zero-order chi connectivity index (χ0) is 16.5. The molecule has 0 heterocycles. The SMILES string of the molecule is CCCCCCCCC(CCCCCCCC)=C(P)CCC. The Hall–Kier alpha value is 0.170. The quantitative estimate of drug-likeness (QED) is 0.197. The van der Waals surface area contributed by atoms with Crippen molar-refractivity contribution in [2.24, 2.45) is 0 Å². The summed E-state index contributed by atoms with van der Waals surface area (Å²) >= 11 is 0. The third-order valence-corrected chi connectivity index (χ3v) is 5.33. The van der Waals surface area contributed by atoms with E-state index in [1.807, 2.05) is 0 Å². The van der Waals surface area contributed by atoms with Crippen molar-refractivity contribution in [3.8, 4) is 0 Å². The Bertz CT molecular complexity index is 237. The summed E-state index contributed by atoms with van der Waals surface area (Å²) in [5.74, 6) is 0. The van der Waals surface area contributed by atoms with Crippen LogP contribution in [0.4, 0.5) is 0 Å². The second kappa shape index (κ2) is 17.5. The first-order valence-electron chi connectivity index (χ1n) is 10.2. The molecular formula is C21H43P. The first kappa shape index (κ1) is 22.2. The van der Waals surface area contributed by atoms with Crippen LogP contribution in [0.25, 0.3) is 0 Å². The van der Waals surface area contributed by atoms with Crippen molar-refractivity contribution >= 4 is 9.24 Å². The Kier molecular flexibility index (Phi) is 17.7. The van der Waals surface area contributed by atoms with Crippen LogP contribution in [0.3, 0.4) is 0 Å². The van der Waals surface area contributed by atoms with E-state index >= 15 is 0 Å². The molecule has 0 aliphatic carbocycles. The summed E-state index contributed by atoms with van der Waals surface area (Å²) in [4.78, 5) is 0.